The fourth-order valence-electron chi connectivity index (χ4n) is 2.83. The molecule has 2 aromatic rings. The number of carboxylic acid groups (broad SMARTS) is 2. The number of carboxylic acids is 2. The highest BCUT2D eigenvalue weighted by atomic mass is 16.6. The molecular formula is C25H29NO7. The molecule has 2 aromatic carbocycles. The third-order valence-electron chi connectivity index (χ3n) is 4.43. The summed E-state index contributed by atoms with van der Waals surface area (Å²) >= 11 is 0. The average Bonchev–Trinajstić information content (AvgIpc) is 2.74. The Hall–Kier alpha value is -3.81. The molecule has 0 fully saturated rings. The third-order valence-corrected chi connectivity index (χ3v) is 4.43. The van der Waals surface area contributed by atoms with Gasteiger partial charge in [0, 0.05) is 12.0 Å². The van der Waals surface area contributed by atoms with Crippen molar-refractivity contribution in [3.05, 3.63) is 77.4 Å². The lowest BCUT2D eigenvalue weighted by atomic mass is 10.0. The molecule has 0 saturated carbocycles. The average molecular weight is 456 g/mol. The SMILES string of the molecule is CC(C)(C)OC(=O)N[C@@H](C/C=C(/Cc1ccc(OCc2ccccc2)cc1)C(=O)O)C(=O)O. The molecule has 3 N–H and O–H groups in total. The van der Waals surface area contributed by atoms with Gasteiger partial charge in [0.15, 0.2) is 0 Å². The summed E-state index contributed by atoms with van der Waals surface area (Å²) in [6.45, 7) is 5.38. The van der Waals surface area contributed by atoms with Crippen LogP contribution in [0.4, 0.5) is 4.79 Å². The number of alkyl carbamates (subject to hydrolysis) is 1. The van der Waals surface area contributed by atoms with E-state index in [0.717, 1.165) is 11.1 Å². The highest BCUT2D eigenvalue weighted by Gasteiger charge is 2.23. The minimum Gasteiger partial charge on any atom is -0.489 e. The Morgan fingerprint density at radius 3 is 2.15 bits per heavy atom. The number of carbonyl (C=O) groups excluding carboxylic acids is 1. The molecule has 8 nitrogen and oxygen atoms in total. The Labute approximate surface area is 192 Å². The molecule has 0 heterocycles. The number of amides is 1. The van der Waals surface area contributed by atoms with Crippen LogP contribution in [0.1, 0.15) is 38.3 Å². The van der Waals surface area contributed by atoms with Crippen molar-refractivity contribution in [3.63, 3.8) is 0 Å². The lowest BCUT2D eigenvalue weighted by Crippen LogP contribution is -2.43. The normalized spacial score (nSPS) is 12.5. The predicted octanol–water partition coefficient (Wildman–Crippen LogP) is 4.19. The Kier molecular flexibility index (Phi) is 9.03. The Morgan fingerprint density at radius 1 is 0.970 bits per heavy atom. The Morgan fingerprint density at radius 2 is 1.61 bits per heavy atom. The molecule has 0 spiro atoms. The summed E-state index contributed by atoms with van der Waals surface area (Å²) in [7, 11) is 0. The van der Waals surface area contributed by atoms with E-state index in [1.165, 1.54) is 6.08 Å². The summed E-state index contributed by atoms with van der Waals surface area (Å²) < 4.78 is 10.8. The molecule has 0 aromatic heterocycles. The summed E-state index contributed by atoms with van der Waals surface area (Å²) in [5, 5.41) is 21.1. The van der Waals surface area contributed by atoms with E-state index < -0.39 is 29.7 Å². The summed E-state index contributed by atoms with van der Waals surface area (Å²) in [5.41, 5.74) is 0.991. The molecule has 2 rings (SSSR count). The van der Waals surface area contributed by atoms with E-state index in [-0.39, 0.29) is 18.4 Å². The van der Waals surface area contributed by atoms with Crippen LogP contribution in [-0.2, 0) is 27.4 Å². The minimum atomic E-state index is -1.32. The molecule has 8 heteroatoms. The Balaban J connectivity index is 1.99. The number of nitrogens with one attached hydrogen (secondary N) is 1. The molecular weight excluding hydrogens is 426 g/mol. The molecule has 0 unspecified atom stereocenters. The second-order valence-electron chi connectivity index (χ2n) is 8.40. The van der Waals surface area contributed by atoms with Crippen LogP contribution < -0.4 is 10.1 Å². The monoisotopic (exact) mass is 455 g/mol. The predicted molar refractivity (Wildman–Crippen MR) is 122 cm³/mol. The first-order chi connectivity index (χ1) is 15.5. The first-order valence-electron chi connectivity index (χ1n) is 10.4. The van der Waals surface area contributed by atoms with Crippen molar-refractivity contribution in [2.45, 2.75) is 51.9 Å². The van der Waals surface area contributed by atoms with Gasteiger partial charge in [-0.25, -0.2) is 14.4 Å². The van der Waals surface area contributed by atoms with Crippen molar-refractivity contribution in [1.82, 2.24) is 5.32 Å². The van der Waals surface area contributed by atoms with Crippen LogP contribution in [-0.4, -0.2) is 39.9 Å². The van der Waals surface area contributed by atoms with Gasteiger partial charge in [-0.2, -0.15) is 0 Å². The van der Waals surface area contributed by atoms with Gasteiger partial charge in [-0.3, -0.25) is 0 Å². The van der Waals surface area contributed by atoms with E-state index in [0.29, 0.717) is 12.4 Å². The highest BCUT2D eigenvalue weighted by molar-refractivity contribution is 5.87. The Bertz CT molecular complexity index is 976. The maximum Gasteiger partial charge on any atom is 0.408 e. The number of ether oxygens (including phenoxy) is 2. The van der Waals surface area contributed by atoms with E-state index in [4.69, 9.17) is 9.47 Å². The smallest absolute Gasteiger partial charge is 0.408 e. The van der Waals surface area contributed by atoms with E-state index in [2.05, 4.69) is 5.32 Å². The maximum absolute atomic E-state index is 11.9. The van der Waals surface area contributed by atoms with Gasteiger partial charge in [-0.05, 0) is 50.5 Å². The quantitative estimate of drug-likeness (QED) is 0.459. The van der Waals surface area contributed by atoms with Crippen LogP contribution in [0, 0.1) is 0 Å². The van der Waals surface area contributed by atoms with Gasteiger partial charge in [0.1, 0.15) is 24.0 Å². The van der Waals surface area contributed by atoms with Crippen molar-refractivity contribution in [3.8, 4) is 5.75 Å². The van der Waals surface area contributed by atoms with E-state index >= 15 is 0 Å². The van der Waals surface area contributed by atoms with Crippen molar-refractivity contribution in [2.24, 2.45) is 0 Å². The van der Waals surface area contributed by atoms with E-state index in [9.17, 15) is 24.6 Å². The number of aliphatic carboxylic acids is 2. The number of hydrogen-bond donors (Lipinski definition) is 3. The topological polar surface area (TPSA) is 122 Å². The lowest BCUT2D eigenvalue weighted by molar-refractivity contribution is -0.139. The molecule has 0 saturated heterocycles. The van der Waals surface area contributed by atoms with Crippen LogP contribution in [0.15, 0.2) is 66.2 Å². The van der Waals surface area contributed by atoms with Gasteiger partial charge in [-0.15, -0.1) is 0 Å². The molecule has 1 amide bonds. The fraction of sp³-hybridized carbons (Fsp3) is 0.320. The first-order valence-corrected chi connectivity index (χ1v) is 10.4. The van der Waals surface area contributed by atoms with Gasteiger partial charge < -0.3 is 25.0 Å². The summed E-state index contributed by atoms with van der Waals surface area (Å²) in [6.07, 6.45) is 0.311. The van der Waals surface area contributed by atoms with Crippen molar-refractivity contribution in [2.75, 3.05) is 0 Å². The van der Waals surface area contributed by atoms with Gasteiger partial charge >= 0.3 is 18.0 Å². The van der Waals surface area contributed by atoms with Crippen LogP contribution in [0.25, 0.3) is 0 Å². The minimum absolute atomic E-state index is 0.0187. The van der Waals surface area contributed by atoms with Gasteiger partial charge in [0.05, 0.1) is 0 Å². The zero-order valence-corrected chi connectivity index (χ0v) is 18.9. The molecule has 176 valence electrons. The lowest BCUT2D eigenvalue weighted by Gasteiger charge is -2.21. The second-order valence-corrected chi connectivity index (χ2v) is 8.40. The first kappa shape index (κ1) is 25.5. The number of benzene rings is 2. The van der Waals surface area contributed by atoms with E-state index in [1.807, 2.05) is 30.3 Å². The number of hydrogen-bond acceptors (Lipinski definition) is 5. The summed E-state index contributed by atoms with van der Waals surface area (Å²) in [4.78, 5) is 35.0. The molecule has 0 radical (unpaired) electrons. The zero-order valence-electron chi connectivity index (χ0n) is 18.9. The van der Waals surface area contributed by atoms with Gasteiger partial charge in [0.25, 0.3) is 0 Å². The van der Waals surface area contributed by atoms with Crippen molar-refractivity contribution in [1.29, 1.82) is 0 Å². The number of rotatable bonds is 10. The summed E-state index contributed by atoms with van der Waals surface area (Å²) in [5.74, 6) is -1.81. The van der Waals surface area contributed by atoms with Crippen LogP contribution in [0.3, 0.4) is 0 Å². The third kappa shape index (κ3) is 9.47. The molecule has 0 aliphatic rings. The molecule has 1 atom stereocenters. The van der Waals surface area contributed by atoms with Crippen LogP contribution in [0.5, 0.6) is 5.75 Å². The van der Waals surface area contributed by atoms with Gasteiger partial charge in [0.2, 0.25) is 0 Å². The molecule has 0 aliphatic carbocycles. The summed E-state index contributed by atoms with van der Waals surface area (Å²) in [6, 6.07) is 15.4. The highest BCUT2D eigenvalue weighted by Crippen LogP contribution is 2.17. The molecule has 33 heavy (non-hydrogen) atoms. The fourth-order valence-corrected chi connectivity index (χ4v) is 2.83. The van der Waals surface area contributed by atoms with Crippen molar-refractivity contribution >= 4 is 18.0 Å². The standard InChI is InChI=1S/C25H29NO7/c1-25(2,3)33-24(31)26-21(23(29)30)14-11-19(22(27)28)15-17-9-12-20(13-10-17)32-16-18-7-5-4-6-8-18/h4-13,21H,14-16H2,1-3H3,(H,26,31)(H,27,28)(H,29,30)/b19-11-/t21-/m0/s1. The van der Waals surface area contributed by atoms with Crippen LogP contribution in [0.2, 0.25) is 0 Å². The largest absolute Gasteiger partial charge is 0.489 e. The van der Waals surface area contributed by atoms with Gasteiger partial charge in [-0.1, -0.05) is 48.5 Å². The maximum atomic E-state index is 11.9. The number of carbonyl (C=O) groups is 3. The zero-order chi connectivity index (χ0) is 24.4. The van der Waals surface area contributed by atoms with Crippen molar-refractivity contribution < 1.29 is 34.1 Å². The molecule has 0 bridgehead atoms. The second kappa shape index (κ2) is 11.7. The van der Waals surface area contributed by atoms with Crippen LogP contribution >= 0.6 is 0 Å². The molecule has 0 aliphatic heterocycles. The van der Waals surface area contributed by atoms with E-state index in [1.54, 1.807) is 45.0 Å².